The molecule has 0 bridgehead atoms. The van der Waals surface area contributed by atoms with Gasteiger partial charge in [-0.2, -0.15) is 0 Å². The van der Waals surface area contributed by atoms with Gasteiger partial charge in [-0.05, 0) is 25.7 Å². The summed E-state index contributed by atoms with van der Waals surface area (Å²) in [4.78, 5) is 4.62. The highest BCUT2D eigenvalue weighted by Crippen LogP contribution is 2.25. The standard InChI is InChI=1S/C12H24N2/c1-4-9(2)10(3)14-12(13)11-7-5-6-8-11/h9-11H,4-8H2,1-3H3,(H2,13,14). The Morgan fingerprint density at radius 2 is 1.93 bits per heavy atom. The van der Waals surface area contributed by atoms with Crippen LogP contribution in [0.25, 0.3) is 0 Å². The topological polar surface area (TPSA) is 38.4 Å². The second-order valence-electron chi connectivity index (χ2n) is 4.66. The number of rotatable bonds is 4. The van der Waals surface area contributed by atoms with Crippen molar-refractivity contribution >= 4 is 5.84 Å². The third kappa shape index (κ3) is 3.00. The molecule has 0 spiro atoms. The zero-order valence-electron chi connectivity index (χ0n) is 9.79. The average Bonchev–Trinajstić information content (AvgIpc) is 2.69. The van der Waals surface area contributed by atoms with Crippen molar-refractivity contribution in [3.8, 4) is 0 Å². The van der Waals surface area contributed by atoms with Crippen LogP contribution in [0.5, 0.6) is 0 Å². The van der Waals surface area contributed by atoms with E-state index in [9.17, 15) is 0 Å². The zero-order valence-corrected chi connectivity index (χ0v) is 9.79. The van der Waals surface area contributed by atoms with E-state index in [0.29, 0.717) is 17.9 Å². The van der Waals surface area contributed by atoms with Crippen LogP contribution in [0, 0.1) is 11.8 Å². The molecule has 1 rings (SSSR count). The third-order valence-electron chi connectivity index (χ3n) is 3.59. The number of hydrogen-bond donors (Lipinski definition) is 1. The van der Waals surface area contributed by atoms with E-state index < -0.39 is 0 Å². The molecule has 1 fully saturated rings. The molecule has 0 aromatic carbocycles. The fourth-order valence-electron chi connectivity index (χ4n) is 2.03. The predicted molar refractivity (Wildman–Crippen MR) is 62.5 cm³/mol. The Bertz CT molecular complexity index is 192. The van der Waals surface area contributed by atoms with Crippen molar-refractivity contribution in [2.45, 2.75) is 58.9 Å². The lowest BCUT2D eigenvalue weighted by Gasteiger charge is -2.16. The summed E-state index contributed by atoms with van der Waals surface area (Å²) in [6.07, 6.45) is 6.35. The molecule has 1 aliphatic rings. The highest BCUT2D eigenvalue weighted by Gasteiger charge is 2.19. The first-order valence-corrected chi connectivity index (χ1v) is 5.98. The van der Waals surface area contributed by atoms with Crippen molar-refractivity contribution in [3.63, 3.8) is 0 Å². The van der Waals surface area contributed by atoms with Gasteiger partial charge in [0, 0.05) is 5.92 Å². The van der Waals surface area contributed by atoms with Crippen LogP contribution in [0.2, 0.25) is 0 Å². The third-order valence-corrected chi connectivity index (χ3v) is 3.59. The molecule has 0 aromatic rings. The lowest BCUT2D eigenvalue weighted by atomic mass is 10.0. The second kappa shape index (κ2) is 5.38. The quantitative estimate of drug-likeness (QED) is 0.545. The molecule has 1 saturated carbocycles. The molecular formula is C12H24N2. The minimum absolute atomic E-state index is 0.389. The zero-order chi connectivity index (χ0) is 10.6. The number of hydrogen-bond acceptors (Lipinski definition) is 1. The Morgan fingerprint density at radius 1 is 1.36 bits per heavy atom. The van der Waals surface area contributed by atoms with E-state index in [2.05, 4.69) is 25.8 Å². The van der Waals surface area contributed by atoms with Crippen LogP contribution >= 0.6 is 0 Å². The van der Waals surface area contributed by atoms with Gasteiger partial charge in [-0.1, -0.05) is 33.1 Å². The maximum Gasteiger partial charge on any atom is 0.0971 e. The van der Waals surface area contributed by atoms with Crippen LogP contribution in [0.1, 0.15) is 52.9 Å². The van der Waals surface area contributed by atoms with E-state index in [1.807, 2.05) is 0 Å². The molecule has 1 aliphatic carbocycles. The molecule has 0 aliphatic heterocycles. The van der Waals surface area contributed by atoms with Gasteiger partial charge in [0.15, 0.2) is 0 Å². The minimum atomic E-state index is 0.389. The molecule has 14 heavy (non-hydrogen) atoms. The highest BCUT2D eigenvalue weighted by molar-refractivity contribution is 5.83. The Morgan fingerprint density at radius 3 is 2.43 bits per heavy atom. The Balaban J connectivity index is 2.48. The first kappa shape index (κ1) is 11.5. The molecule has 0 amide bonds. The van der Waals surface area contributed by atoms with Gasteiger partial charge in [-0.3, -0.25) is 4.99 Å². The molecule has 0 saturated heterocycles. The molecule has 2 heteroatoms. The van der Waals surface area contributed by atoms with E-state index in [1.54, 1.807) is 0 Å². The number of nitrogens with zero attached hydrogens (tertiary/aromatic N) is 1. The van der Waals surface area contributed by atoms with Gasteiger partial charge < -0.3 is 5.73 Å². The summed E-state index contributed by atoms with van der Waals surface area (Å²) in [7, 11) is 0. The fraction of sp³-hybridized carbons (Fsp3) is 0.917. The van der Waals surface area contributed by atoms with Gasteiger partial charge in [-0.25, -0.2) is 0 Å². The highest BCUT2D eigenvalue weighted by atomic mass is 14.9. The monoisotopic (exact) mass is 196 g/mol. The van der Waals surface area contributed by atoms with E-state index in [4.69, 9.17) is 5.73 Å². The lowest BCUT2D eigenvalue weighted by molar-refractivity contribution is 0.469. The first-order valence-electron chi connectivity index (χ1n) is 5.98. The second-order valence-corrected chi connectivity index (χ2v) is 4.66. The van der Waals surface area contributed by atoms with Crippen LogP contribution in [0.15, 0.2) is 4.99 Å². The molecular weight excluding hydrogens is 172 g/mol. The van der Waals surface area contributed by atoms with Crippen molar-refractivity contribution in [1.29, 1.82) is 0 Å². The van der Waals surface area contributed by atoms with Crippen LogP contribution in [0.3, 0.4) is 0 Å². The maximum absolute atomic E-state index is 6.02. The molecule has 2 unspecified atom stereocenters. The van der Waals surface area contributed by atoms with Gasteiger partial charge in [0.25, 0.3) is 0 Å². The summed E-state index contributed by atoms with van der Waals surface area (Å²) in [6.45, 7) is 6.63. The Hall–Kier alpha value is -0.530. The van der Waals surface area contributed by atoms with E-state index in [-0.39, 0.29) is 0 Å². The molecule has 0 aromatic heterocycles. The van der Waals surface area contributed by atoms with Crippen LogP contribution in [-0.4, -0.2) is 11.9 Å². The molecule has 2 atom stereocenters. The van der Waals surface area contributed by atoms with Crippen LogP contribution in [0.4, 0.5) is 0 Å². The summed E-state index contributed by atoms with van der Waals surface area (Å²) >= 11 is 0. The van der Waals surface area contributed by atoms with Gasteiger partial charge in [0.1, 0.15) is 0 Å². The first-order chi connectivity index (χ1) is 6.65. The minimum Gasteiger partial charge on any atom is -0.387 e. The SMILES string of the molecule is CCC(C)C(C)N=C(N)C1CCCC1. The van der Waals surface area contributed by atoms with Crippen molar-refractivity contribution in [2.75, 3.05) is 0 Å². The van der Waals surface area contributed by atoms with Gasteiger partial charge >= 0.3 is 0 Å². The van der Waals surface area contributed by atoms with E-state index in [0.717, 1.165) is 5.84 Å². The normalized spacial score (nSPS) is 23.8. The van der Waals surface area contributed by atoms with E-state index in [1.165, 1.54) is 32.1 Å². The number of amidine groups is 1. The molecule has 2 N–H and O–H groups in total. The van der Waals surface area contributed by atoms with Crippen molar-refractivity contribution < 1.29 is 0 Å². The molecule has 82 valence electrons. The van der Waals surface area contributed by atoms with Gasteiger partial charge in [0.2, 0.25) is 0 Å². The molecule has 0 radical (unpaired) electrons. The number of nitrogens with two attached hydrogens (primary N) is 1. The summed E-state index contributed by atoms with van der Waals surface area (Å²) in [6, 6.07) is 0.389. The van der Waals surface area contributed by atoms with Crippen molar-refractivity contribution in [1.82, 2.24) is 0 Å². The molecule has 0 heterocycles. The lowest BCUT2D eigenvalue weighted by Crippen LogP contribution is -2.25. The summed E-state index contributed by atoms with van der Waals surface area (Å²) in [5.41, 5.74) is 6.02. The number of aliphatic imine (C=N–C) groups is 1. The summed E-state index contributed by atoms with van der Waals surface area (Å²) < 4.78 is 0. The Kier molecular flexibility index (Phi) is 4.43. The average molecular weight is 196 g/mol. The summed E-state index contributed by atoms with van der Waals surface area (Å²) in [5.74, 6) is 2.15. The van der Waals surface area contributed by atoms with Crippen molar-refractivity contribution in [3.05, 3.63) is 0 Å². The summed E-state index contributed by atoms with van der Waals surface area (Å²) in [5, 5.41) is 0. The Labute approximate surface area is 88.0 Å². The van der Waals surface area contributed by atoms with E-state index >= 15 is 0 Å². The molecule has 2 nitrogen and oxygen atoms in total. The van der Waals surface area contributed by atoms with Gasteiger partial charge in [0.05, 0.1) is 11.9 Å². The smallest absolute Gasteiger partial charge is 0.0971 e. The van der Waals surface area contributed by atoms with Crippen LogP contribution in [-0.2, 0) is 0 Å². The van der Waals surface area contributed by atoms with Crippen molar-refractivity contribution in [2.24, 2.45) is 22.6 Å². The fourth-order valence-corrected chi connectivity index (χ4v) is 2.03. The maximum atomic E-state index is 6.02. The largest absolute Gasteiger partial charge is 0.387 e. The van der Waals surface area contributed by atoms with Gasteiger partial charge in [-0.15, -0.1) is 0 Å². The van der Waals surface area contributed by atoms with Crippen LogP contribution < -0.4 is 5.73 Å². The predicted octanol–water partition coefficient (Wildman–Crippen LogP) is 2.97.